The van der Waals surface area contributed by atoms with E-state index in [1.54, 1.807) is 0 Å². The second-order valence-corrected chi connectivity index (χ2v) is 12.3. The second kappa shape index (κ2) is 14.3. The van der Waals surface area contributed by atoms with Crippen molar-refractivity contribution in [2.24, 2.45) is 5.92 Å². The quantitative estimate of drug-likeness (QED) is 0.128. The van der Waals surface area contributed by atoms with Gasteiger partial charge in [-0.05, 0) is 79.0 Å². The number of halogens is 1. The summed E-state index contributed by atoms with van der Waals surface area (Å²) in [5.41, 5.74) is 7.16. The summed E-state index contributed by atoms with van der Waals surface area (Å²) in [6.07, 6.45) is 16.0. The highest BCUT2D eigenvalue weighted by Gasteiger charge is 2.34. The molecule has 2 atom stereocenters. The molecule has 0 radical (unpaired) electrons. The van der Waals surface area contributed by atoms with E-state index in [1.165, 1.54) is 16.7 Å². The van der Waals surface area contributed by atoms with Crippen LogP contribution < -0.4 is 0 Å². The lowest BCUT2D eigenvalue weighted by Gasteiger charge is -2.29. The van der Waals surface area contributed by atoms with Gasteiger partial charge >= 0.3 is 7.60 Å². The second-order valence-electron chi connectivity index (χ2n) is 9.87. The maximum atomic E-state index is 13.2. The van der Waals surface area contributed by atoms with E-state index in [2.05, 4.69) is 58.6 Å². The van der Waals surface area contributed by atoms with Gasteiger partial charge in [-0.3, -0.25) is 9.09 Å². The summed E-state index contributed by atoms with van der Waals surface area (Å²) in [5.74, 6) is 0.553. The van der Waals surface area contributed by atoms with Crippen molar-refractivity contribution in [1.29, 1.82) is 0 Å². The number of hydrogen-bond acceptors (Lipinski definition) is 4. The average molecular weight is 543 g/mol. The van der Waals surface area contributed by atoms with E-state index in [1.807, 2.05) is 36.4 Å². The molecule has 1 aromatic carbocycles. The van der Waals surface area contributed by atoms with E-state index in [0.29, 0.717) is 30.6 Å². The number of ether oxygens (including phenoxy) is 1. The van der Waals surface area contributed by atoms with Crippen LogP contribution in [0.1, 0.15) is 65.0 Å². The van der Waals surface area contributed by atoms with Crippen LogP contribution in [0, 0.1) is 5.92 Å². The molecular weight excluding hydrogens is 503 g/mol. The lowest BCUT2D eigenvalue weighted by molar-refractivity contribution is 0.0613. The largest absolute Gasteiger partial charge is 0.365 e. The van der Waals surface area contributed by atoms with E-state index >= 15 is 0 Å². The molecular formula is C31H40ClO4P. The third kappa shape index (κ3) is 9.09. The van der Waals surface area contributed by atoms with Gasteiger partial charge in [-0.25, -0.2) is 0 Å². The van der Waals surface area contributed by atoms with E-state index in [0.717, 1.165) is 36.0 Å². The minimum absolute atomic E-state index is 0.0917. The van der Waals surface area contributed by atoms with E-state index in [4.69, 9.17) is 25.4 Å². The number of benzene rings is 1. The molecule has 2 aliphatic rings. The third-order valence-electron chi connectivity index (χ3n) is 6.76. The standard InChI is InChI=1S/C31H40ClO4P/c1-6-24(4)30(20-26-10-7-8-11-27(15-14-26)23(2)3)25(5)16-18-34-22-37(33)35-19-17-31(36-37)28-12-9-13-29(32)21-28/h6-7,9-14,16,21,23,31H,1,8,15,17-20,22H2,2-5H3/b10-7?,25-16-,26-14+,27-11+,30-24-. The van der Waals surface area contributed by atoms with Gasteiger partial charge in [0.2, 0.25) is 0 Å². The summed E-state index contributed by atoms with van der Waals surface area (Å²) in [4.78, 5) is 0. The first kappa shape index (κ1) is 29.6. The Bertz CT molecular complexity index is 1160. The zero-order chi connectivity index (χ0) is 26.8. The van der Waals surface area contributed by atoms with Gasteiger partial charge in [0.05, 0.1) is 19.3 Å². The molecule has 1 fully saturated rings. The number of allylic oxidation sites excluding steroid dienone is 10. The maximum absolute atomic E-state index is 13.2. The Morgan fingerprint density at radius 3 is 2.84 bits per heavy atom. The Morgan fingerprint density at radius 2 is 2.11 bits per heavy atom. The fourth-order valence-corrected chi connectivity index (χ4v) is 6.13. The van der Waals surface area contributed by atoms with Crippen LogP contribution >= 0.6 is 19.2 Å². The van der Waals surface area contributed by atoms with Crippen LogP contribution in [0.3, 0.4) is 0 Å². The average Bonchev–Trinajstić information content (AvgIpc) is 2.85. The Labute approximate surface area is 228 Å². The van der Waals surface area contributed by atoms with Crippen molar-refractivity contribution in [3.05, 3.63) is 106 Å². The van der Waals surface area contributed by atoms with Crippen LogP contribution in [-0.4, -0.2) is 19.6 Å². The van der Waals surface area contributed by atoms with Gasteiger partial charge < -0.3 is 9.26 Å². The topological polar surface area (TPSA) is 44.8 Å². The lowest BCUT2D eigenvalue weighted by atomic mass is 9.90. The van der Waals surface area contributed by atoms with Gasteiger partial charge in [-0.1, -0.05) is 86.2 Å². The maximum Gasteiger partial charge on any atom is 0.356 e. The summed E-state index contributed by atoms with van der Waals surface area (Å²) in [6, 6.07) is 7.44. The zero-order valence-electron chi connectivity index (χ0n) is 22.5. The first-order valence-corrected chi connectivity index (χ1v) is 15.1. The molecule has 1 aliphatic carbocycles. The van der Waals surface area contributed by atoms with Crippen molar-refractivity contribution in [2.45, 2.75) is 59.5 Å². The molecule has 0 aromatic heterocycles. The molecule has 1 heterocycles. The number of rotatable bonds is 10. The van der Waals surface area contributed by atoms with Crippen molar-refractivity contribution < 1.29 is 18.3 Å². The van der Waals surface area contributed by atoms with Gasteiger partial charge in [0.25, 0.3) is 0 Å². The van der Waals surface area contributed by atoms with Crippen molar-refractivity contribution in [3.8, 4) is 0 Å². The molecule has 0 spiro atoms. The Hall–Kier alpha value is -1.94. The molecule has 0 bridgehead atoms. The van der Waals surface area contributed by atoms with Crippen molar-refractivity contribution in [2.75, 3.05) is 19.6 Å². The summed E-state index contributed by atoms with van der Waals surface area (Å²) >= 11 is 6.11. The monoisotopic (exact) mass is 542 g/mol. The summed E-state index contributed by atoms with van der Waals surface area (Å²) in [7, 11) is -3.36. The van der Waals surface area contributed by atoms with Crippen molar-refractivity contribution in [3.63, 3.8) is 0 Å². The van der Waals surface area contributed by atoms with Gasteiger partial charge in [0, 0.05) is 11.4 Å². The Balaban J connectivity index is 1.61. The predicted molar refractivity (Wildman–Crippen MR) is 155 cm³/mol. The van der Waals surface area contributed by atoms with Crippen LogP contribution in [0.15, 0.2) is 95.2 Å². The lowest BCUT2D eigenvalue weighted by Crippen LogP contribution is -2.16. The molecule has 2 unspecified atom stereocenters. The molecule has 0 amide bonds. The van der Waals surface area contributed by atoms with Crippen LogP contribution in [0.2, 0.25) is 5.02 Å². The first-order chi connectivity index (χ1) is 17.7. The predicted octanol–water partition coefficient (Wildman–Crippen LogP) is 9.68. The molecule has 37 heavy (non-hydrogen) atoms. The number of hydrogen-bond donors (Lipinski definition) is 0. The fourth-order valence-electron chi connectivity index (χ4n) is 4.41. The zero-order valence-corrected chi connectivity index (χ0v) is 24.2. The normalized spacial score (nSPS) is 26.4. The molecule has 6 heteroatoms. The molecule has 1 aliphatic heterocycles. The van der Waals surface area contributed by atoms with Crippen LogP contribution in [0.4, 0.5) is 0 Å². The Morgan fingerprint density at radius 1 is 1.30 bits per heavy atom. The van der Waals surface area contributed by atoms with Crippen LogP contribution in [-0.2, 0) is 18.3 Å². The van der Waals surface area contributed by atoms with Gasteiger partial charge in [0.1, 0.15) is 6.35 Å². The van der Waals surface area contributed by atoms with E-state index in [-0.39, 0.29) is 12.5 Å². The van der Waals surface area contributed by atoms with E-state index in [9.17, 15) is 4.57 Å². The van der Waals surface area contributed by atoms with Crippen LogP contribution in [0.5, 0.6) is 0 Å². The first-order valence-electron chi connectivity index (χ1n) is 13.0. The molecule has 4 nitrogen and oxygen atoms in total. The minimum atomic E-state index is -3.36. The molecule has 1 saturated heterocycles. The fraction of sp³-hybridized carbons (Fsp3) is 0.419. The highest BCUT2D eigenvalue weighted by molar-refractivity contribution is 7.53. The Kier molecular flexibility index (Phi) is 11.4. The highest BCUT2D eigenvalue weighted by Crippen LogP contribution is 2.56. The third-order valence-corrected chi connectivity index (χ3v) is 8.65. The summed E-state index contributed by atoms with van der Waals surface area (Å²) < 4.78 is 30.3. The van der Waals surface area contributed by atoms with Gasteiger partial charge in [-0.2, -0.15) is 0 Å². The van der Waals surface area contributed by atoms with E-state index < -0.39 is 7.60 Å². The van der Waals surface area contributed by atoms with Crippen LogP contribution in [0.25, 0.3) is 0 Å². The van der Waals surface area contributed by atoms with Gasteiger partial charge in [-0.15, -0.1) is 0 Å². The molecule has 3 rings (SSSR count). The van der Waals surface area contributed by atoms with Crippen molar-refractivity contribution >= 4 is 19.2 Å². The van der Waals surface area contributed by atoms with Gasteiger partial charge in [0.15, 0.2) is 0 Å². The minimum Gasteiger partial charge on any atom is -0.365 e. The SMILES string of the molecule is C=C/C(C)=C(C/C1=C/C/C(C(C)C)=C\CC=C1)\C(C)=C/COCP1(=O)OCCC(c2cccc(Cl)c2)O1. The summed E-state index contributed by atoms with van der Waals surface area (Å²) in [6.45, 7) is 13.3. The van der Waals surface area contributed by atoms with Crippen molar-refractivity contribution in [1.82, 2.24) is 0 Å². The smallest absolute Gasteiger partial charge is 0.356 e. The summed E-state index contributed by atoms with van der Waals surface area (Å²) in [5, 5.41) is 0.625. The highest BCUT2D eigenvalue weighted by atomic mass is 35.5. The molecule has 1 aromatic rings. The molecule has 0 saturated carbocycles. The molecule has 0 N–H and O–H groups in total. The molecule has 200 valence electrons.